The van der Waals surface area contributed by atoms with Crippen molar-refractivity contribution in [2.45, 2.75) is 26.8 Å². The molecule has 2 rings (SSSR count). The van der Waals surface area contributed by atoms with Crippen molar-refractivity contribution in [3.63, 3.8) is 0 Å². The number of benzene rings is 1. The van der Waals surface area contributed by atoms with E-state index in [4.69, 9.17) is 4.74 Å². The number of halogens is 1. The van der Waals surface area contributed by atoms with Crippen molar-refractivity contribution in [3.05, 3.63) is 43.6 Å². The van der Waals surface area contributed by atoms with Crippen molar-refractivity contribution in [1.82, 2.24) is 9.78 Å². The van der Waals surface area contributed by atoms with Crippen LogP contribution in [-0.2, 0) is 0 Å². The monoisotopic (exact) mass is 387 g/mol. The number of para-hydroxylation sites is 1. The van der Waals surface area contributed by atoms with Crippen LogP contribution in [0.15, 0.2) is 24.3 Å². The first-order valence-corrected chi connectivity index (χ1v) is 7.15. The van der Waals surface area contributed by atoms with Gasteiger partial charge in [-0.3, -0.25) is 10.1 Å². The molecule has 0 aliphatic rings. The molecule has 7 heteroatoms. The fraction of sp³-hybridized carbons (Fsp3) is 0.308. The van der Waals surface area contributed by atoms with Crippen molar-refractivity contribution in [1.29, 1.82) is 0 Å². The van der Waals surface area contributed by atoms with Crippen LogP contribution in [0.25, 0.3) is 0 Å². The molecule has 0 aliphatic carbocycles. The van der Waals surface area contributed by atoms with Gasteiger partial charge in [-0.15, -0.1) is 0 Å². The van der Waals surface area contributed by atoms with Crippen molar-refractivity contribution in [2.24, 2.45) is 0 Å². The minimum atomic E-state index is -0.452. The minimum Gasteiger partial charge on any atom is -0.433 e. The highest BCUT2D eigenvalue weighted by atomic mass is 127. The summed E-state index contributed by atoms with van der Waals surface area (Å²) in [6, 6.07) is 7.34. The second kappa shape index (κ2) is 5.78. The zero-order valence-electron chi connectivity index (χ0n) is 11.3. The number of aryl methyl sites for hydroxylation is 1. The van der Waals surface area contributed by atoms with Crippen molar-refractivity contribution < 1.29 is 9.66 Å². The van der Waals surface area contributed by atoms with Crippen molar-refractivity contribution in [3.8, 4) is 11.6 Å². The fourth-order valence-corrected chi connectivity index (χ4v) is 2.30. The zero-order valence-corrected chi connectivity index (χ0v) is 13.5. The number of hydrogen-bond donors (Lipinski definition) is 0. The largest absolute Gasteiger partial charge is 0.433 e. The number of nitrogens with zero attached hydrogens (tertiary/aromatic N) is 3. The first-order valence-electron chi connectivity index (χ1n) is 6.07. The molecule has 0 atom stereocenters. The minimum absolute atomic E-state index is 0.0289. The van der Waals surface area contributed by atoms with Crippen LogP contribution >= 0.6 is 22.6 Å². The summed E-state index contributed by atoms with van der Waals surface area (Å²) in [5.74, 6) is 0.754. The maximum absolute atomic E-state index is 11.2. The standard InChI is InChI=1S/C13H14IN3O3/c1-8(2)16-13(12(17(18)19)9(3)15-16)20-11-7-5-4-6-10(11)14/h4-8H,1-3H3. The van der Waals surface area contributed by atoms with Gasteiger partial charge in [-0.05, 0) is 55.5 Å². The van der Waals surface area contributed by atoms with Gasteiger partial charge in [0, 0.05) is 0 Å². The lowest BCUT2D eigenvalue weighted by molar-refractivity contribution is -0.386. The quantitative estimate of drug-likeness (QED) is 0.450. The lowest BCUT2D eigenvalue weighted by Gasteiger charge is -2.11. The van der Waals surface area contributed by atoms with Crippen molar-refractivity contribution >= 4 is 28.3 Å². The molecule has 0 N–H and O–H groups in total. The summed E-state index contributed by atoms with van der Waals surface area (Å²) >= 11 is 2.13. The van der Waals surface area contributed by atoms with Gasteiger partial charge in [0.15, 0.2) is 0 Å². The molecular weight excluding hydrogens is 373 g/mol. The Hall–Kier alpha value is -1.64. The Kier molecular flexibility index (Phi) is 4.26. The molecule has 20 heavy (non-hydrogen) atoms. The number of nitro groups is 1. The molecule has 106 valence electrons. The van der Waals surface area contributed by atoms with Gasteiger partial charge in [-0.25, -0.2) is 4.68 Å². The molecule has 0 saturated heterocycles. The summed E-state index contributed by atoms with van der Waals surface area (Å²) < 4.78 is 8.19. The molecule has 0 aliphatic heterocycles. The van der Waals surface area contributed by atoms with E-state index in [1.54, 1.807) is 13.0 Å². The van der Waals surface area contributed by atoms with Crippen LogP contribution in [0, 0.1) is 20.6 Å². The van der Waals surface area contributed by atoms with E-state index in [1.165, 1.54) is 4.68 Å². The molecule has 1 aromatic heterocycles. The SMILES string of the molecule is Cc1nn(C(C)C)c(Oc2ccccc2I)c1[N+](=O)[O-]. The number of hydrogen-bond acceptors (Lipinski definition) is 4. The Morgan fingerprint density at radius 1 is 1.40 bits per heavy atom. The summed E-state index contributed by atoms with van der Waals surface area (Å²) in [6.45, 7) is 5.41. The summed E-state index contributed by atoms with van der Waals surface area (Å²) in [5, 5.41) is 15.4. The molecule has 0 saturated carbocycles. The first kappa shape index (κ1) is 14.8. The predicted molar refractivity (Wildman–Crippen MR) is 83.2 cm³/mol. The highest BCUT2D eigenvalue weighted by molar-refractivity contribution is 14.1. The Morgan fingerprint density at radius 2 is 2.05 bits per heavy atom. The molecule has 0 radical (unpaired) electrons. The van der Waals surface area contributed by atoms with Crippen LogP contribution in [0.5, 0.6) is 11.6 Å². The van der Waals surface area contributed by atoms with Gasteiger partial charge in [0.2, 0.25) is 0 Å². The lowest BCUT2D eigenvalue weighted by atomic mass is 10.3. The molecule has 2 aromatic rings. The summed E-state index contributed by atoms with van der Waals surface area (Å²) in [4.78, 5) is 10.8. The van der Waals surface area contributed by atoms with E-state index in [-0.39, 0.29) is 17.6 Å². The van der Waals surface area contributed by atoms with Crippen LogP contribution in [0.3, 0.4) is 0 Å². The van der Waals surface area contributed by atoms with Crippen LogP contribution < -0.4 is 4.74 Å². The smallest absolute Gasteiger partial charge is 0.353 e. The average molecular weight is 387 g/mol. The topological polar surface area (TPSA) is 70.2 Å². The molecular formula is C13H14IN3O3. The maximum Gasteiger partial charge on any atom is 0.353 e. The van der Waals surface area contributed by atoms with Gasteiger partial charge in [0.1, 0.15) is 11.4 Å². The molecule has 0 amide bonds. The second-order valence-electron chi connectivity index (χ2n) is 4.57. The molecule has 6 nitrogen and oxygen atoms in total. The van der Waals surface area contributed by atoms with E-state index in [0.717, 1.165) is 3.57 Å². The fourth-order valence-electron chi connectivity index (χ4n) is 1.80. The molecule has 1 aromatic carbocycles. The summed E-state index contributed by atoms with van der Waals surface area (Å²) in [6.07, 6.45) is 0. The van der Waals surface area contributed by atoms with Gasteiger partial charge in [-0.2, -0.15) is 5.10 Å². The van der Waals surface area contributed by atoms with E-state index in [0.29, 0.717) is 11.4 Å². The number of ether oxygens (including phenoxy) is 1. The Bertz CT molecular complexity index is 652. The Labute approximate surface area is 130 Å². The number of rotatable bonds is 4. The van der Waals surface area contributed by atoms with Gasteiger partial charge in [-0.1, -0.05) is 12.1 Å². The van der Waals surface area contributed by atoms with E-state index < -0.39 is 4.92 Å². The van der Waals surface area contributed by atoms with Crippen LogP contribution in [0.1, 0.15) is 25.6 Å². The van der Waals surface area contributed by atoms with E-state index in [9.17, 15) is 10.1 Å². The summed E-state index contributed by atoms with van der Waals surface area (Å²) in [5.41, 5.74) is 0.267. The van der Waals surface area contributed by atoms with E-state index >= 15 is 0 Å². The van der Waals surface area contributed by atoms with Gasteiger partial charge in [0.25, 0.3) is 5.88 Å². The number of aromatic nitrogens is 2. The third kappa shape index (κ3) is 2.77. The van der Waals surface area contributed by atoms with Crippen LogP contribution in [-0.4, -0.2) is 14.7 Å². The molecule has 0 unspecified atom stereocenters. The third-order valence-electron chi connectivity index (χ3n) is 2.73. The van der Waals surface area contributed by atoms with E-state index in [1.807, 2.05) is 32.0 Å². The molecule has 0 bridgehead atoms. The van der Waals surface area contributed by atoms with Gasteiger partial charge >= 0.3 is 5.69 Å². The van der Waals surface area contributed by atoms with E-state index in [2.05, 4.69) is 27.7 Å². The zero-order chi connectivity index (χ0) is 14.9. The van der Waals surface area contributed by atoms with Crippen LogP contribution in [0.4, 0.5) is 5.69 Å². The molecule has 1 heterocycles. The van der Waals surface area contributed by atoms with Crippen molar-refractivity contribution in [2.75, 3.05) is 0 Å². The second-order valence-corrected chi connectivity index (χ2v) is 5.73. The molecule has 0 fully saturated rings. The van der Waals surface area contributed by atoms with Gasteiger partial charge < -0.3 is 4.74 Å². The average Bonchev–Trinajstić information content (AvgIpc) is 2.69. The predicted octanol–water partition coefficient (Wildman–Crippen LogP) is 4.08. The summed E-state index contributed by atoms with van der Waals surface area (Å²) in [7, 11) is 0. The highest BCUT2D eigenvalue weighted by Gasteiger charge is 2.29. The molecule has 0 spiro atoms. The van der Waals surface area contributed by atoms with Gasteiger partial charge in [0.05, 0.1) is 14.5 Å². The Balaban J connectivity index is 2.54. The Morgan fingerprint density at radius 3 is 2.60 bits per heavy atom. The third-order valence-corrected chi connectivity index (χ3v) is 3.62. The lowest BCUT2D eigenvalue weighted by Crippen LogP contribution is -2.06. The normalized spacial score (nSPS) is 10.8. The maximum atomic E-state index is 11.2. The first-order chi connectivity index (χ1) is 9.41. The van der Waals surface area contributed by atoms with Crippen LogP contribution in [0.2, 0.25) is 0 Å². The highest BCUT2D eigenvalue weighted by Crippen LogP contribution is 2.37.